The number of likely N-dealkylation sites (tertiary alicyclic amines) is 1. The molecule has 4 nitrogen and oxygen atoms in total. The molecule has 3 rings (SSSR count). The Kier molecular flexibility index (Phi) is 6.73. The van der Waals surface area contributed by atoms with E-state index in [0.717, 1.165) is 36.1 Å². The van der Waals surface area contributed by atoms with Crippen molar-refractivity contribution in [2.45, 2.75) is 46.5 Å². The monoisotopic (exact) mass is 392 g/mol. The smallest absolute Gasteiger partial charge is 0.228 e. The van der Waals surface area contributed by atoms with E-state index in [0.29, 0.717) is 25.9 Å². The third-order valence-electron chi connectivity index (χ3n) is 5.96. The minimum atomic E-state index is -0.583. The van der Waals surface area contributed by atoms with E-state index in [1.807, 2.05) is 30.9 Å². The molecule has 0 bridgehead atoms. The molecule has 1 atom stereocenters. The van der Waals surface area contributed by atoms with Gasteiger partial charge in [-0.15, -0.1) is 0 Å². The van der Waals surface area contributed by atoms with Crippen LogP contribution in [-0.4, -0.2) is 36.3 Å². The first-order chi connectivity index (χ1) is 14.0. The van der Waals surface area contributed by atoms with E-state index in [1.165, 1.54) is 5.56 Å². The van der Waals surface area contributed by atoms with Crippen molar-refractivity contribution >= 4 is 11.8 Å². The van der Waals surface area contributed by atoms with Crippen molar-refractivity contribution < 1.29 is 9.59 Å². The molecule has 4 heteroatoms. The van der Waals surface area contributed by atoms with E-state index in [1.54, 1.807) is 0 Å². The Morgan fingerprint density at radius 1 is 1.07 bits per heavy atom. The molecule has 1 heterocycles. The van der Waals surface area contributed by atoms with Gasteiger partial charge in [-0.3, -0.25) is 9.59 Å². The number of amides is 2. The van der Waals surface area contributed by atoms with Gasteiger partial charge in [0.05, 0.1) is 5.41 Å². The Hall–Kier alpha value is -2.62. The van der Waals surface area contributed by atoms with Crippen LogP contribution in [0.15, 0.2) is 48.5 Å². The van der Waals surface area contributed by atoms with Crippen molar-refractivity contribution in [3.8, 4) is 11.1 Å². The maximum absolute atomic E-state index is 13.2. The molecule has 0 spiro atoms. The predicted octanol–water partition coefficient (Wildman–Crippen LogP) is 4.36. The van der Waals surface area contributed by atoms with Gasteiger partial charge in [-0.05, 0) is 49.8 Å². The molecule has 154 valence electrons. The molecule has 2 amide bonds. The van der Waals surface area contributed by atoms with Crippen LogP contribution in [0.1, 0.15) is 44.2 Å². The fourth-order valence-corrected chi connectivity index (χ4v) is 4.38. The Morgan fingerprint density at radius 2 is 1.79 bits per heavy atom. The lowest BCUT2D eigenvalue weighted by molar-refractivity contribution is -0.141. The summed E-state index contributed by atoms with van der Waals surface area (Å²) < 4.78 is 0. The molecule has 1 fully saturated rings. The second-order valence-corrected chi connectivity index (χ2v) is 8.11. The molecule has 1 saturated heterocycles. The van der Waals surface area contributed by atoms with Crippen molar-refractivity contribution in [1.29, 1.82) is 0 Å². The minimum Gasteiger partial charge on any atom is -0.356 e. The molecule has 2 aromatic rings. The van der Waals surface area contributed by atoms with Crippen LogP contribution in [0.3, 0.4) is 0 Å². The molecule has 29 heavy (non-hydrogen) atoms. The number of hydrogen-bond donors (Lipinski definition) is 1. The van der Waals surface area contributed by atoms with E-state index in [-0.39, 0.29) is 11.8 Å². The van der Waals surface area contributed by atoms with Crippen LogP contribution in [0, 0.1) is 12.3 Å². The summed E-state index contributed by atoms with van der Waals surface area (Å²) in [5.41, 5.74) is 4.13. The van der Waals surface area contributed by atoms with E-state index < -0.39 is 5.41 Å². The van der Waals surface area contributed by atoms with Crippen LogP contribution in [0.25, 0.3) is 11.1 Å². The topological polar surface area (TPSA) is 49.4 Å². The lowest BCUT2D eigenvalue weighted by Crippen LogP contribution is -2.54. The Labute approximate surface area is 174 Å². The minimum absolute atomic E-state index is 0.0623. The van der Waals surface area contributed by atoms with Crippen molar-refractivity contribution in [3.05, 3.63) is 59.7 Å². The van der Waals surface area contributed by atoms with Crippen LogP contribution < -0.4 is 5.32 Å². The first kappa shape index (κ1) is 21.1. The zero-order valence-corrected chi connectivity index (χ0v) is 17.8. The second-order valence-electron chi connectivity index (χ2n) is 8.11. The van der Waals surface area contributed by atoms with Crippen LogP contribution >= 0.6 is 0 Å². The van der Waals surface area contributed by atoms with Crippen LogP contribution in [0.5, 0.6) is 0 Å². The molecule has 0 unspecified atom stereocenters. The summed E-state index contributed by atoms with van der Waals surface area (Å²) in [6.07, 6.45) is 2.77. The molecule has 1 aliphatic heterocycles. The first-order valence-corrected chi connectivity index (χ1v) is 10.7. The lowest BCUT2D eigenvalue weighted by Gasteiger charge is -2.42. The summed E-state index contributed by atoms with van der Waals surface area (Å²) in [6.45, 7) is 7.76. The number of carbonyl (C=O) groups excluding carboxylic acids is 2. The number of nitrogens with one attached hydrogen (secondary N) is 1. The highest BCUT2D eigenvalue weighted by atomic mass is 16.2. The molecule has 2 aromatic carbocycles. The third kappa shape index (κ3) is 4.69. The summed E-state index contributed by atoms with van der Waals surface area (Å²) in [6, 6.07) is 16.9. The van der Waals surface area contributed by atoms with Gasteiger partial charge in [0.2, 0.25) is 11.8 Å². The maximum Gasteiger partial charge on any atom is 0.228 e. The van der Waals surface area contributed by atoms with Crippen molar-refractivity contribution in [3.63, 3.8) is 0 Å². The van der Waals surface area contributed by atoms with Crippen LogP contribution in [0.2, 0.25) is 0 Å². The molecule has 0 saturated carbocycles. The first-order valence-electron chi connectivity index (χ1n) is 10.7. The van der Waals surface area contributed by atoms with Gasteiger partial charge in [0.15, 0.2) is 0 Å². The maximum atomic E-state index is 13.2. The highest BCUT2D eigenvalue weighted by Gasteiger charge is 2.43. The molecule has 0 radical (unpaired) electrons. The number of nitrogens with zero attached hydrogens (tertiary/aromatic N) is 1. The molecule has 1 N–H and O–H groups in total. The van der Waals surface area contributed by atoms with Crippen LogP contribution in [-0.2, 0) is 16.0 Å². The van der Waals surface area contributed by atoms with Gasteiger partial charge in [0.1, 0.15) is 0 Å². The van der Waals surface area contributed by atoms with E-state index in [2.05, 4.69) is 48.6 Å². The highest BCUT2D eigenvalue weighted by Crippen LogP contribution is 2.37. The average Bonchev–Trinajstić information content (AvgIpc) is 2.74. The van der Waals surface area contributed by atoms with Gasteiger partial charge >= 0.3 is 0 Å². The van der Waals surface area contributed by atoms with Gasteiger partial charge in [-0.1, -0.05) is 61.0 Å². The molecule has 1 aliphatic rings. The number of rotatable bonds is 6. The van der Waals surface area contributed by atoms with Crippen molar-refractivity contribution in [2.75, 3.05) is 19.6 Å². The Bertz CT molecular complexity index is 859. The van der Waals surface area contributed by atoms with Gasteiger partial charge in [-0.25, -0.2) is 0 Å². The number of hydrogen-bond acceptors (Lipinski definition) is 2. The normalized spacial score (nSPS) is 19.1. The van der Waals surface area contributed by atoms with E-state index >= 15 is 0 Å². The van der Waals surface area contributed by atoms with Crippen LogP contribution in [0.4, 0.5) is 0 Å². The van der Waals surface area contributed by atoms with Gasteiger partial charge < -0.3 is 10.2 Å². The third-order valence-corrected chi connectivity index (χ3v) is 5.96. The summed E-state index contributed by atoms with van der Waals surface area (Å²) >= 11 is 0. The number of benzene rings is 2. The molecule has 0 aliphatic carbocycles. The van der Waals surface area contributed by atoms with E-state index in [9.17, 15) is 9.59 Å². The summed E-state index contributed by atoms with van der Waals surface area (Å²) in [5, 5.41) is 3.04. The largest absolute Gasteiger partial charge is 0.356 e. The zero-order valence-electron chi connectivity index (χ0n) is 17.8. The Balaban J connectivity index is 1.98. The second kappa shape index (κ2) is 9.25. The molecule has 0 aromatic heterocycles. The van der Waals surface area contributed by atoms with Gasteiger partial charge in [-0.2, -0.15) is 0 Å². The van der Waals surface area contributed by atoms with Gasteiger partial charge in [0.25, 0.3) is 0 Å². The lowest BCUT2D eigenvalue weighted by atomic mass is 9.73. The van der Waals surface area contributed by atoms with Crippen molar-refractivity contribution in [1.82, 2.24) is 10.2 Å². The van der Waals surface area contributed by atoms with Gasteiger partial charge in [0, 0.05) is 26.1 Å². The highest BCUT2D eigenvalue weighted by molar-refractivity contribution is 5.85. The number of carbonyl (C=O) groups is 2. The fraction of sp³-hybridized carbons (Fsp3) is 0.440. The summed E-state index contributed by atoms with van der Waals surface area (Å²) in [5.74, 6) is 0.192. The number of piperidine rings is 1. The standard InChI is InChI=1S/C25H32N2O2/c1-4-23(28)27-16-8-15-25(18-27,24(29)26-5-2)17-21-9-6-7-10-22(21)20-13-11-19(3)12-14-20/h6-7,9-14H,4-5,8,15-18H2,1-3H3,(H,26,29)/t25-/m1/s1. The molecular formula is C25H32N2O2. The SMILES string of the molecule is CCNC(=O)[C@@]1(Cc2ccccc2-c2ccc(C)cc2)CCCN(C(=O)CC)C1. The number of aryl methyl sites for hydroxylation is 1. The quantitative estimate of drug-likeness (QED) is 0.794. The Morgan fingerprint density at radius 3 is 2.48 bits per heavy atom. The van der Waals surface area contributed by atoms with Crippen molar-refractivity contribution in [2.24, 2.45) is 5.41 Å². The molecular weight excluding hydrogens is 360 g/mol. The van der Waals surface area contributed by atoms with E-state index in [4.69, 9.17) is 0 Å². The summed E-state index contributed by atoms with van der Waals surface area (Å²) in [4.78, 5) is 27.5. The summed E-state index contributed by atoms with van der Waals surface area (Å²) in [7, 11) is 0. The predicted molar refractivity (Wildman–Crippen MR) is 118 cm³/mol. The fourth-order valence-electron chi connectivity index (χ4n) is 4.38. The average molecular weight is 393 g/mol. The zero-order chi connectivity index (χ0) is 20.9.